The minimum absolute atomic E-state index is 0.0322. The Kier molecular flexibility index (Phi) is 8.30. The maximum absolute atomic E-state index is 12.1. The van der Waals surface area contributed by atoms with Crippen LogP contribution in [0.25, 0.3) is 0 Å². The van der Waals surface area contributed by atoms with Gasteiger partial charge in [0.05, 0.1) is 13.2 Å². The Hall–Kier alpha value is -3.06. The molecule has 7 heteroatoms. The zero-order valence-electron chi connectivity index (χ0n) is 16.5. The normalized spacial score (nSPS) is 10.4. The van der Waals surface area contributed by atoms with E-state index in [9.17, 15) is 9.59 Å². The Bertz CT molecular complexity index is 758. The highest BCUT2D eigenvalue weighted by Crippen LogP contribution is 2.16. The molecule has 0 fully saturated rings. The van der Waals surface area contributed by atoms with E-state index in [0.29, 0.717) is 18.9 Å². The first-order chi connectivity index (χ1) is 13.5. The molecule has 0 atom stereocenters. The summed E-state index contributed by atoms with van der Waals surface area (Å²) >= 11 is 0. The Morgan fingerprint density at radius 3 is 2.04 bits per heavy atom. The number of rotatable bonds is 10. The van der Waals surface area contributed by atoms with Gasteiger partial charge in [-0.05, 0) is 48.5 Å². The molecule has 0 spiro atoms. The van der Waals surface area contributed by atoms with Crippen molar-refractivity contribution in [1.82, 2.24) is 0 Å². The van der Waals surface area contributed by atoms with E-state index in [0.717, 1.165) is 17.1 Å². The number of nitrogens with one attached hydrogen (secondary N) is 3. The molecule has 3 N–H and O–H groups in total. The van der Waals surface area contributed by atoms with Gasteiger partial charge in [0.15, 0.2) is 0 Å². The fourth-order valence-electron chi connectivity index (χ4n) is 2.22. The van der Waals surface area contributed by atoms with E-state index in [-0.39, 0.29) is 24.3 Å². The average molecular weight is 385 g/mol. The highest BCUT2D eigenvalue weighted by Gasteiger charge is 2.07. The molecule has 2 aromatic rings. The lowest BCUT2D eigenvalue weighted by Gasteiger charge is -2.11. The van der Waals surface area contributed by atoms with Crippen LogP contribution in [0.5, 0.6) is 5.75 Å². The predicted octanol–water partition coefficient (Wildman–Crippen LogP) is 3.36. The van der Waals surface area contributed by atoms with Gasteiger partial charge >= 0.3 is 0 Å². The molecule has 0 saturated heterocycles. The van der Waals surface area contributed by atoms with E-state index >= 15 is 0 Å². The molecule has 0 heterocycles. The molecule has 2 aromatic carbocycles. The summed E-state index contributed by atoms with van der Waals surface area (Å²) in [5.41, 5.74) is 2.21. The quantitative estimate of drug-likeness (QED) is 0.546. The number of amides is 2. The Morgan fingerprint density at radius 2 is 1.43 bits per heavy atom. The number of ether oxygens (including phenoxy) is 2. The second-order valence-corrected chi connectivity index (χ2v) is 6.49. The molecule has 0 aliphatic carbocycles. The van der Waals surface area contributed by atoms with Gasteiger partial charge in [0.2, 0.25) is 11.8 Å². The van der Waals surface area contributed by atoms with E-state index in [1.807, 2.05) is 26.0 Å². The van der Waals surface area contributed by atoms with Crippen LogP contribution >= 0.6 is 0 Å². The van der Waals surface area contributed by atoms with Gasteiger partial charge in [-0.25, -0.2) is 0 Å². The molecule has 0 aliphatic heterocycles. The van der Waals surface area contributed by atoms with E-state index in [1.54, 1.807) is 43.5 Å². The van der Waals surface area contributed by atoms with Crippen LogP contribution in [0.3, 0.4) is 0 Å². The molecule has 0 saturated carbocycles. The molecular weight excluding hydrogens is 358 g/mol. The highest BCUT2D eigenvalue weighted by atomic mass is 16.5. The van der Waals surface area contributed by atoms with Crippen molar-refractivity contribution in [3.8, 4) is 5.75 Å². The van der Waals surface area contributed by atoms with Gasteiger partial charge in [0.25, 0.3) is 0 Å². The largest absolute Gasteiger partial charge is 0.491 e. The zero-order valence-corrected chi connectivity index (χ0v) is 16.5. The SMILES string of the molecule is COCCOc1ccc(NC(=O)CNc2ccc(NC(=O)C(C)C)cc2)cc1. The monoisotopic (exact) mass is 385 g/mol. The molecule has 2 rings (SSSR count). The van der Waals surface area contributed by atoms with Crippen molar-refractivity contribution in [3.05, 3.63) is 48.5 Å². The summed E-state index contributed by atoms with van der Waals surface area (Å²) in [4.78, 5) is 23.8. The minimum Gasteiger partial charge on any atom is -0.491 e. The first-order valence-corrected chi connectivity index (χ1v) is 9.14. The third-order valence-corrected chi connectivity index (χ3v) is 3.82. The van der Waals surface area contributed by atoms with Crippen molar-refractivity contribution in [2.75, 3.05) is 42.8 Å². The van der Waals surface area contributed by atoms with Crippen molar-refractivity contribution < 1.29 is 19.1 Å². The molecular formula is C21H27N3O4. The smallest absolute Gasteiger partial charge is 0.243 e. The Morgan fingerprint density at radius 1 is 0.857 bits per heavy atom. The first-order valence-electron chi connectivity index (χ1n) is 9.14. The molecule has 0 radical (unpaired) electrons. The van der Waals surface area contributed by atoms with Gasteiger partial charge in [0.1, 0.15) is 12.4 Å². The van der Waals surface area contributed by atoms with Crippen LogP contribution in [-0.4, -0.2) is 38.7 Å². The second kappa shape index (κ2) is 10.9. The van der Waals surface area contributed by atoms with Crippen LogP contribution in [0.1, 0.15) is 13.8 Å². The van der Waals surface area contributed by atoms with Crippen LogP contribution in [0.4, 0.5) is 17.1 Å². The van der Waals surface area contributed by atoms with Gasteiger partial charge in [-0.3, -0.25) is 9.59 Å². The van der Waals surface area contributed by atoms with Gasteiger partial charge < -0.3 is 25.4 Å². The van der Waals surface area contributed by atoms with Crippen LogP contribution in [0.15, 0.2) is 48.5 Å². The average Bonchev–Trinajstić information content (AvgIpc) is 2.69. The minimum atomic E-state index is -0.162. The molecule has 0 aromatic heterocycles. The van der Waals surface area contributed by atoms with E-state index in [2.05, 4.69) is 16.0 Å². The van der Waals surface area contributed by atoms with Gasteiger partial charge in [-0.1, -0.05) is 13.8 Å². The third-order valence-electron chi connectivity index (χ3n) is 3.82. The molecule has 2 amide bonds. The van der Waals surface area contributed by atoms with Crippen molar-refractivity contribution in [2.24, 2.45) is 5.92 Å². The Balaban J connectivity index is 1.76. The molecule has 0 unspecified atom stereocenters. The lowest BCUT2D eigenvalue weighted by atomic mass is 10.2. The predicted molar refractivity (Wildman–Crippen MR) is 111 cm³/mol. The number of methoxy groups -OCH3 is 1. The molecule has 28 heavy (non-hydrogen) atoms. The van der Waals surface area contributed by atoms with Gasteiger partial charge in [0, 0.05) is 30.1 Å². The number of benzene rings is 2. The van der Waals surface area contributed by atoms with Crippen LogP contribution in [0, 0.1) is 5.92 Å². The molecule has 150 valence electrons. The number of carbonyl (C=O) groups is 2. The van der Waals surface area contributed by atoms with Crippen LogP contribution in [0.2, 0.25) is 0 Å². The number of anilines is 3. The number of hydrogen-bond donors (Lipinski definition) is 3. The highest BCUT2D eigenvalue weighted by molar-refractivity contribution is 5.94. The van der Waals surface area contributed by atoms with E-state index in [4.69, 9.17) is 9.47 Å². The summed E-state index contributed by atoms with van der Waals surface area (Å²) in [5, 5.41) is 8.69. The molecule has 7 nitrogen and oxygen atoms in total. The van der Waals surface area contributed by atoms with E-state index < -0.39 is 0 Å². The van der Waals surface area contributed by atoms with E-state index in [1.165, 1.54) is 0 Å². The van der Waals surface area contributed by atoms with Crippen LogP contribution in [-0.2, 0) is 14.3 Å². The molecule has 0 aliphatic rings. The van der Waals surface area contributed by atoms with Gasteiger partial charge in [-0.15, -0.1) is 0 Å². The summed E-state index contributed by atoms with van der Waals surface area (Å²) in [5.74, 6) is 0.450. The topological polar surface area (TPSA) is 88.7 Å². The maximum atomic E-state index is 12.1. The lowest BCUT2D eigenvalue weighted by Crippen LogP contribution is -2.21. The fraction of sp³-hybridized carbons (Fsp3) is 0.333. The summed E-state index contributed by atoms with van der Waals surface area (Å²) in [6.07, 6.45) is 0. The van der Waals surface area contributed by atoms with Crippen molar-refractivity contribution in [1.29, 1.82) is 0 Å². The maximum Gasteiger partial charge on any atom is 0.243 e. The van der Waals surface area contributed by atoms with Crippen molar-refractivity contribution in [3.63, 3.8) is 0 Å². The summed E-state index contributed by atoms with van der Waals surface area (Å²) in [7, 11) is 1.62. The number of carbonyl (C=O) groups excluding carboxylic acids is 2. The third kappa shape index (κ3) is 7.28. The summed E-state index contributed by atoms with van der Waals surface area (Å²) in [6, 6.07) is 14.4. The first kappa shape index (κ1) is 21.2. The van der Waals surface area contributed by atoms with Crippen LogP contribution < -0.4 is 20.7 Å². The van der Waals surface area contributed by atoms with Crippen molar-refractivity contribution in [2.45, 2.75) is 13.8 Å². The lowest BCUT2D eigenvalue weighted by molar-refractivity contribution is -0.119. The zero-order chi connectivity index (χ0) is 20.4. The summed E-state index contributed by atoms with van der Waals surface area (Å²) in [6.45, 7) is 4.81. The van der Waals surface area contributed by atoms with Gasteiger partial charge in [-0.2, -0.15) is 0 Å². The standard InChI is InChI=1S/C21H27N3O4/c1-15(2)21(26)24-18-6-4-16(5-7-18)22-14-20(25)23-17-8-10-19(11-9-17)28-13-12-27-3/h4-11,15,22H,12-14H2,1-3H3,(H,23,25)(H,24,26). The number of hydrogen-bond acceptors (Lipinski definition) is 5. The fourth-order valence-corrected chi connectivity index (χ4v) is 2.22. The second-order valence-electron chi connectivity index (χ2n) is 6.49. The molecule has 0 bridgehead atoms. The van der Waals surface area contributed by atoms with Crippen molar-refractivity contribution >= 4 is 28.9 Å². The Labute approximate surface area is 165 Å². The summed E-state index contributed by atoms with van der Waals surface area (Å²) < 4.78 is 10.4.